The molecule has 0 bridgehead atoms. The highest BCUT2D eigenvalue weighted by molar-refractivity contribution is 7.99. The zero-order valence-corrected chi connectivity index (χ0v) is 11.0. The van der Waals surface area contributed by atoms with E-state index in [1.54, 1.807) is 0 Å². The third-order valence-corrected chi connectivity index (χ3v) is 3.42. The van der Waals surface area contributed by atoms with Gasteiger partial charge in [0.15, 0.2) is 5.16 Å². The second-order valence-electron chi connectivity index (χ2n) is 3.73. The van der Waals surface area contributed by atoms with Crippen molar-refractivity contribution >= 4 is 11.8 Å². The van der Waals surface area contributed by atoms with Crippen LogP contribution in [-0.2, 0) is 13.6 Å². The largest absolute Gasteiger partial charge is 0.316 e. The van der Waals surface area contributed by atoms with E-state index >= 15 is 0 Å². The number of rotatable bonds is 4. The zero-order valence-electron chi connectivity index (χ0n) is 10.1. The lowest BCUT2D eigenvalue weighted by molar-refractivity contribution is 0.764. The van der Waals surface area contributed by atoms with Crippen LogP contribution in [0.15, 0.2) is 28.5 Å². The molecule has 0 fully saturated rings. The molecule has 0 amide bonds. The van der Waals surface area contributed by atoms with E-state index in [9.17, 15) is 0 Å². The van der Waals surface area contributed by atoms with E-state index < -0.39 is 0 Å². The van der Waals surface area contributed by atoms with Gasteiger partial charge in [0, 0.05) is 19.8 Å². The van der Waals surface area contributed by atoms with Crippen LogP contribution in [0.25, 0.3) is 0 Å². The van der Waals surface area contributed by atoms with E-state index in [-0.39, 0.29) is 0 Å². The number of aromatic nitrogens is 4. The zero-order chi connectivity index (χ0) is 12.3. The third-order valence-electron chi connectivity index (χ3n) is 2.43. The number of nitrogens with zero attached hydrogens (tertiary/aromatic N) is 4. The molecule has 2 heterocycles. The summed E-state index contributed by atoms with van der Waals surface area (Å²) in [4.78, 5) is 4.38. The first-order chi connectivity index (χ1) is 8.20. The molecule has 2 rings (SSSR count). The number of aryl methyl sites for hydroxylation is 1. The molecule has 0 spiro atoms. The van der Waals surface area contributed by atoms with Crippen molar-refractivity contribution in [3.05, 3.63) is 29.7 Å². The maximum atomic E-state index is 4.38. The minimum absolute atomic E-state index is 0.834. The lowest BCUT2D eigenvalue weighted by atomic mass is 10.3. The van der Waals surface area contributed by atoms with Gasteiger partial charge in [-0.3, -0.25) is 0 Å². The van der Waals surface area contributed by atoms with Crippen molar-refractivity contribution in [3.63, 3.8) is 0 Å². The topological polar surface area (TPSA) is 55.6 Å². The molecular formula is C11H15N5S. The Hall–Kier alpha value is -1.40. The molecule has 0 radical (unpaired) electrons. The van der Waals surface area contributed by atoms with Gasteiger partial charge in [-0.05, 0) is 37.4 Å². The molecular weight excluding hydrogens is 234 g/mol. The van der Waals surface area contributed by atoms with Crippen molar-refractivity contribution in [2.24, 2.45) is 7.05 Å². The third kappa shape index (κ3) is 2.83. The Morgan fingerprint density at radius 3 is 2.71 bits per heavy atom. The summed E-state index contributed by atoms with van der Waals surface area (Å²) in [7, 11) is 3.87. The molecule has 0 aliphatic carbocycles. The first kappa shape index (κ1) is 12.1. The van der Waals surface area contributed by atoms with Gasteiger partial charge in [-0.1, -0.05) is 6.07 Å². The molecule has 0 aromatic carbocycles. The number of nitrogens with one attached hydrogen (secondary N) is 1. The van der Waals surface area contributed by atoms with Crippen molar-refractivity contribution in [2.45, 2.75) is 23.7 Å². The molecule has 0 saturated carbocycles. The highest BCUT2D eigenvalue weighted by atomic mass is 32.2. The van der Waals surface area contributed by atoms with E-state index in [1.165, 1.54) is 17.3 Å². The molecule has 17 heavy (non-hydrogen) atoms. The minimum atomic E-state index is 0.834. The fraction of sp³-hybridized carbons (Fsp3) is 0.364. The highest BCUT2D eigenvalue weighted by Gasteiger charge is 2.07. The summed E-state index contributed by atoms with van der Waals surface area (Å²) in [5, 5.41) is 13.0. The van der Waals surface area contributed by atoms with Gasteiger partial charge in [0.05, 0.1) is 0 Å². The lowest BCUT2D eigenvalue weighted by Crippen LogP contribution is -2.05. The Kier molecular flexibility index (Phi) is 3.75. The first-order valence-corrected chi connectivity index (χ1v) is 6.15. The standard InChI is InChI=1S/C11H15N5S/c1-8-14-15-11(16(8)3)17-10-5-4-9(6-12-2)7-13-10/h4-5,7,12H,6H2,1-3H3. The molecule has 6 heteroatoms. The molecule has 5 nitrogen and oxygen atoms in total. The van der Waals surface area contributed by atoms with E-state index in [2.05, 4.69) is 26.6 Å². The van der Waals surface area contributed by atoms with Crippen molar-refractivity contribution in [2.75, 3.05) is 7.05 Å². The molecule has 0 aliphatic rings. The van der Waals surface area contributed by atoms with Crippen LogP contribution >= 0.6 is 11.8 Å². The van der Waals surface area contributed by atoms with Crippen LogP contribution in [-0.4, -0.2) is 26.8 Å². The van der Waals surface area contributed by atoms with E-state index in [0.717, 1.165) is 22.6 Å². The van der Waals surface area contributed by atoms with Gasteiger partial charge >= 0.3 is 0 Å². The molecule has 1 N–H and O–H groups in total. The summed E-state index contributed by atoms with van der Waals surface area (Å²) in [5.41, 5.74) is 1.17. The molecule has 2 aromatic heterocycles. The molecule has 0 atom stereocenters. The SMILES string of the molecule is CNCc1ccc(Sc2nnc(C)n2C)nc1. The summed E-state index contributed by atoms with van der Waals surface area (Å²) >= 11 is 1.52. The Morgan fingerprint density at radius 2 is 2.18 bits per heavy atom. The van der Waals surface area contributed by atoms with Crippen LogP contribution in [0.2, 0.25) is 0 Å². The van der Waals surface area contributed by atoms with Crippen LogP contribution in [0.1, 0.15) is 11.4 Å². The van der Waals surface area contributed by atoms with Crippen molar-refractivity contribution in [1.82, 2.24) is 25.1 Å². The number of hydrogen-bond acceptors (Lipinski definition) is 5. The van der Waals surface area contributed by atoms with Crippen molar-refractivity contribution in [3.8, 4) is 0 Å². The number of pyridine rings is 1. The summed E-state index contributed by atoms with van der Waals surface area (Å²) in [6.07, 6.45) is 1.88. The summed E-state index contributed by atoms with van der Waals surface area (Å²) in [6.45, 7) is 2.77. The van der Waals surface area contributed by atoms with Crippen LogP contribution in [0.5, 0.6) is 0 Å². The fourth-order valence-electron chi connectivity index (χ4n) is 1.35. The van der Waals surface area contributed by atoms with Crippen LogP contribution < -0.4 is 5.32 Å². The lowest BCUT2D eigenvalue weighted by Gasteiger charge is -2.02. The van der Waals surface area contributed by atoms with Crippen LogP contribution in [0.3, 0.4) is 0 Å². The molecule has 0 aliphatic heterocycles. The summed E-state index contributed by atoms with van der Waals surface area (Å²) in [6, 6.07) is 4.07. The Bertz CT molecular complexity index is 491. The van der Waals surface area contributed by atoms with Gasteiger partial charge < -0.3 is 9.88 Å². The first-order valence-electron chi connectivity index (χ1n) is 5.34. The maximum absolute atomic E-state index is 4.38. The Morgan fingerprint density at radius 1 is 1.35 bits per heavy atom. The molecule has 2 aromatic rings. The summed E-state index contributed by atoms with van der Waals surface area (Å²) in [5.74, 6) is 0.902. The van der Waals surface area contributed by atoms with Gasteiger partial charge in [-0.2, -0.15) is 0 Å². The van der Waals surface area contributed by atoms with Crippen LogP contribution in [0, 0.1) is 6.92 Å². The van der Waals surface area contributed by atoms with E-state index in [0.29, 0.717) is 0 Å². The van der Waals surface area contributed by atoms with Crippen molar-refractivity contribution in [1.29, 1.82) is 0 Å². The predicted octanol–water partition coefficient (Wildman–Crippen LogP) is 1.39. The monoisotopic (exact) mass is 249 g/mol. The van der Waals surface area contributed by atoms with Gasteiger partial charge in [-0.15, -0.1) is 10.2 Å². The average molecular weight is 249 g/mol. The number of hydrogen-bond donors (Lipinski definition) is 1. The Labute approximate surface area is 105 Å². The van der Waals surface area contributed by atoms with E-state index in [1.807, 2.05) is 37.8 Å². The maximum Gasteiger partial charge on any atom is 0.197 e. The molecule has 0 unspecified atom stereocenters. The van der Waals surface area contributed by atoms with Gasteiger partial charge in [0.1, 0.15) is 10.9 Å². The quantitative estimate of drug-likeness (QED) is 0.887. The van der Waals surface area contributed by atoms with Crippen LogP contribution in [0.4, 0.5) is 0 Å². The summed E-state index contributed by atoms with van der Waals surface area (Å²) < 4.78 is 1.95. The molecule has 0 saturated heterocycles. The van der Waals surface area contributed by atoms with Gasteiger partial charge in [-0.25, -0.2) is 4.98 Å². The minimum Gasteiger partial charge on any atom is -0.316 e. The fourth-order valence-corrected chi connectivity index (χ4v) is 2.13. The average Bonchev–Trinajstić information content (AvgIpc) is 2.64. The van der Waals surface area contributed by atoms with Crippen molar-refractivity contribution < 1.29 is 0 Å². The smallest absolute Gasteiger partial charge is 0.197 e. The molecule has 90 valence electrons. The van der Waals surface area contributed by atoms with Gasteiger partial charge in [0.25, 0.3) is 0 Å². The van der Waals surface area contributed by atoms with Gasteiger partial charge in [0.2, 0.25) is 0 Å². The second kappa shape index (κ2) is 5.29. The van der Waals surface area contributed by atoms with E-state index in [4.69, 9.17) is 0 Å². The highest BCUT2D eigenvalue weighted by Crippen LogP contribution is 2.23. The Balaban J connectivity index is 2.11. The predicted molar refractivity (Wildman–Crippen MR) is 66.9 cm³/mol. The second-order valence-corrected chi connectivity index (χ2v) is 4.71. The normalized spacial score (nSPS) is 10.8.